The lowest BCUT2D eigenvalue weighted by Crippen LogP contribution is -2.47. The molecule has 0 bridgehead atoms. The summed E-state index contributed by atoms with van der Waals surface area (Å²) >= 11 is 0. The first kappa shape index (κ1) is 19.9. The standard InChI is InChI=1S/C19H25FN4O4/c1-2-7-23-17(21)16(22-8-11-27-12-9-22)18(25)24(19(23)26)10-13-28-15-5-3-14(20)4-6-15/h3-6H,2,7-13,21H2,1H3. The molecule has 152 valence electrons. The molecule has 0 spiro atoms. The summed E-state index contributed by atoms with van der Waals surface area (Å²) in [6, 6.07) is 5.57. The fourth-order valence-corrected chi connectivity index (χ4v) is 3.21. The highest BCUT2D eigenvalue weighted by Crippen LogP contribution is 2.18. The summed E-state index contributed by atoms with van der Waals surface area (Å²) in [7, 11) is 0. The van der Waals surface area contributed by atoms with Crippen molar-refractivity contribution in [2.24, 2.45) is 0 Å². The van der Waals surface area contributed by atoms with Gasteiger partial charge in [-0.2, -0.15) is 0 Å². The minimum atomic E-state index is -0.455. The second-order valence-electron chi connectivity index (χ2n) is 6.53. The number of halogens is 1. The van der Waals surface area contributed by atoms with Crippen molar-refractivity contribution in [3.05, 3.63) is 50.9 Å². The van der Waals surface area contributed by atoms with Crippen molar-refractivity contribution in [3.63, 3.8) is 0 Å². The normalized spacial score (nSPS) is 14.3. The molecule has 3 rings (SSSR count). The zero-order chi connectivity index (χ0) is 20.1. The van der Waals surface area contributed by atoms with E-state index in [9.17, 15) is 14.0 Å². The first-order valence-corrected chi connectivity index (χ1v) is 9.37. The Kier molecular flexibility index (Phi) is 6.35. The van der Waals surface area contributed by atoms with E-state index in [0.29, 0.717) is 50.7 Å². The number of rotatable bonds is 7. The van der Waals surface area contributed by atoms with Crippen molar-refractivity contribution in [2.75, 3.05) is 43.5 Å². The molecule has 0 aliphatic carbocycles. The number of ether oxygens (including phenoxy) is 2. The van der Waals surface area contributed by atoms with Crippen molar-refractivity contribution in [2.45, 2.75) is 26.4 Å². The van der Waals surface area contributed by atoms with E-state index in [-0.39, 0.29) is 24.8 Å². The van der Waals surface area contributed by atoms with E-state index in [0.717, 1.165) is 4.57 Å². The number of nitrogen functional groups attached to an aromatic ring is 1. The molecule has 0 radical (unpaired) electrons. The van der Waals surface area contributed by atoms with E-state index < -0.39 is 11.2 Å². The maximum Gasteiger partial charge on any atom is 0.332 e. The molecule has 1 saturated heterocycles. The summed E-state index contributed by atoms with van der Waals surface area (Å²) in [5.74, 6) is 0.293. The zero-order valence-corrected chi connectivity index (χ0v) is 15.9. The largest absolute Gasteiger partial charge is 0.492 e. The van der Waals surface area contributed by atoms with Crippen molar-refractivity contribution in [1.82, 2.24) is 9.13 Å². The summed E-state index contributed by atoms with van der Waals surface area (Å²) in [6.45, 7) is 4.59. The molecule has 1 aliphatic heterocycles. The van der Waals surface area contributed by atoms with E-state index >= 15 is 0 Å². The molecule has 0 unspecified atom stereocenters. The van der Waals surface area contributed by atoms with Gasteiger partial charge in [0.15, 0.2) is 0 Å². The van der Waals surface area contributed by atoms with Crippen LogP contribution >= 0.6 is 0 Å². The van der Waals surface area contributed by atoms with Gasteiger partial charge in [-0.05, 0) is 30.7 Å². The zero-order valence-electron chi connectivity index (χ0n) is 15.9. The molecule has 0 amide bonds. The van der Waals surface area contributed by atoms with Gasteiger partial charge in [0.05, 0.1) is 19.8 Å². The fourth-order valence-electron chi connectivity index (χ4n) is 3.21. The van der Waals surface area contributed by atoms with Crippen molar-refractivity contribution in [1.29, 1.82) is 0 Å². The average Bonchev–Trinajstić information content (AvgIpc) is 2.70. The van der Waals surface area contributed by atoms with E-state index in [4.69, 9.17) is 15.2 Å². The molecular formula is C19H25FN4O4. The number of hydrogen-bond donors (Lipinski definition) is 1. The predicted molar refractivity (Wildman–Crippen MR) is 105 cm³/mol. The van der Waals surface area contributed by atoms with E-state index in [1.165, 1.54) is 28.8 Å². The van der Waals surface area contributed by atoms with Crippen LogP contribution < -0.4 is 26.6 Å². The monoisotopic (exact) mass is 392 g/mol. The van der Waals surface area contributed by atoms with Crippen LogP contribution in [0.1, 0.15) is 13.3 Å². The maximum absolute atomic E-state index is 13.0. The molecule has 28 heavy (non-hydrogen) atoms. The Labute approximate surface area is 161 Å². The second kappa shape index (κ2) is 8.92. The van der Waals surface area contributed by atoms with Gasteiger partial charge in [0.2, 0.25) is 0 Å². The predicted octanol–water partition coefficient (Wildman–Crippen LogP) is 1.06. The quantitative estimate of drug-likeness (QED) is 0.758. The number of nitrogens with two attached hydrogens (primary N) is 1. The van der Waals surface area contributed by atoms with Gasteiger partial charge >= 0.3 is 5.69 Å². The van der Waals surface area contributed by atoms with Crippen LogP contribution in [0.3, 0.4) is 0 Å². The molecule has 9 heteroatoms. The molecule has 1 aromatic heterocycles. The van der Waals surface area contributed by atoms with Crippen LogP contribution in [-0.4, -0.2) is 42.0 Å². The minimum Gasteiger partial charge on any atom is -0.492 e. The van der Waals surface area contributed by atoms with Gasteiger partial charge in [-0.15, -0.1) is 0 Å². The van der Waals surface area contributed by atoms with Gasteiger partial charge in [-0.3, -0.25) is 13.9 Å². The van der Waals surface area contributed by atoms with Crippen LogP contribution in [0.5, 0.6) is 5.75 Å². The second-order valence-corrected chi connectivity index (χ2v) is 6.53. The van der Waals surface area contributed by atoms with E-state index in [2.05, 4.69) is 0 Å². The highest BCUT2D eigenvalue weighted by molar-refractivity contribution is 5.62. The van der Waals surface area contributed by atoms with Crippen molar-refractivity contribution < 1.29 is 13.9 Å². The van der Waals surface area contributed by atoms with Gasteiger partial charge < -0.3 is 20.1 Å². The van der Waals surface area contributed by atoms with Crippen LogP contribution in [0.2, 0.25) is 0 Å². The number of anilines is 2. The van der Waals surface area contributed by atoms with Crippen molar-refractivity contribution >= 4 is 11.5 Å². The van der Waals surface area contributed by atoms with Gasteiger partial charge in [-0.25, -0.2) is 9.18 Å². The lowest BCUT2D eigenvalue weighted by atomic mass is 10.3. The number of aromatic nitrogens is 2. The van der Waals surface area contributed by atoms with Crippen LogP contribution in [0.15, 0.2) is 33.9 Å². The molecule has 8 nitrogen and oxygen atoms in total. The van der Waals surface area contributed by atoms with E-state index in [1.54, 1.807) is 0 Å². The Morgan fingerprint density at radius 1 is 1.11 bits per heavy atom. The highest BCUT2D eigenvalue weighted by Gasteiger charge is 2.23. The van der Waals surface area contributed by atoms with Gasteiger partial charge in [0.1, 0.15) is 29.7 Å². The molecule has 0 saturated carbocycles. The SMILES string of the molecule is CCCn1c(N)c(N2CCOCC2)c(=O)n(CCOc2ccc(F)cc2)c1=O. The Balaban J connectivity index is 1.90. The summed E-state index contributed by atoms with van der Waals surface area (Å²) < 4.78 is 26.5. The molecule has 0 atom stereocenters. The first-order chi connectivity index (χ1) is 13.5. The van der Waals surface area contributed by atoms with Crippen LogP contribution in [-0.2, 0) is 17.8 Å². The molecule has 2 N–H and O–H groups in total. The van der Waals surface area contributed by atoms with Gasteiger partial charge in [0.25, 0.3) is 5.56 Å². The Morgan fingerprint density at radius 2 is 1.79 bits per heavy atom. The third-order valence-electron chi connectivity index (χ3n) is 4.61. The summed E-state index contributed by atoms with van der Waals surface area (Å²) in [5, 5.41) is 0. The third kappa shape index (κ3) is 4.19. The van der Waals surface area contributed by atoms with Crippen molar-refractivity contribution in [3.8, 4) is 5.75 Å². The average molecular weight is 392 g/mol. The number of hydrogen-bond acceptors (Lipinski definition) is 6. The molecule has 1 fully saturated rings. The smallest absolute Gasteiger partial charge is 0.332 e. The lowest BCUT2D eigenvalue weighted by molar-refractivity contribution is 0.122. The molecule has 2 aromatic rings. The lowest BCUT2D eigenvalue weighted by Gasteiger charge is -2.30. The summed E-state index contributed by atoms with van der Waals surface area (Å²) in [4.78, 5) is 27.7. The highest BCUT2D eigenvalue weighted by atomic mass is 19.1. The first-order valence-electron chi connectivity index (χ1n) is 9.37. The molecule has 2 heterocycles. The Morgan fingerprint density at radius 3 is 2.43 bits per heavy atom. The van der Waals surface area contributed by atoms with Crippen LogP contribution in [0.25, 0.3) is 0 Å². The topological polar surface area (TPSA) is 91.7 Å². The summed E-state index contributed by atoms with van der Waals surface area (Å²) in [6.07, 6.45) is 0.705. The molecule has 1 aliphatic rings. The van der Waals surface area contributed by atoms with Gasteiger partial charge in [0, 0.05) is 19.6 Å². The Hall–Kier alpha value is -2.81. The Bertz CT molecular complexity index is 917. The third-order valence-corrected chi connectivity index (χ3v) is 4.61. The van der Waals surface area contributed by atoms with Crippen LogP contribution in [0, 0.1) is 5.82 Å². The number of morpholine rings is 1. The summed E-state index contributed by atoms with van der Waals surface area (Å²) in [5.41, 5.74) is 5.65. The number of nitrogens with zero attached hydrogens (tertiary/aromatic N) is 3. The van der Waals surface area contributed by atoms with E-state index in [1.807, 2.05) is 11.8 Å². The number of benzene rings is 1. The minimum absolute atomic E-state index is 0.0659. The fraction of sp³-hybridized carbons (Fsp3) is 0.474. The maximum atomic E-state index is 13.0. The van der Waals surface area contributed by atoms with Crippen LogP contribution in [0.4, 0.5) is 15.9 Å². The molecule has 1 aromatic carbocycles. The van der Waals surface area contributed by atoms with Gasteiger partial charge in [-0.1, -0.05) is 6.92 Å². The molecular weight excluding hydrogens is 367 g/mol.